The van der Waals surface area contributed by atoms with Gasteiger partial charge in [-0.1, -0.05) is 20.4 Å². The minimum Gasteiger partial charge on any atom is -0.304 e. The average molecular weight is 201 g/mol. The van der Waals surface area contributed by atoms with Crippen LogP contribution in [0.25, 0.3) is 0 Å². The lowest BCUT2D eigenvalue weighted by atomic mass is 10.0. The smallest absolute Gasteiger partial charge is 0.157 e. The summed E-state index contributed by atoms with van der Waals surface area (Å²) in [4.78, 5) is 26.3. The maximum Gasteiger partial charge on any atom is 0.157 e. The van der Waals surface area contributed by atoms with Gasteiger partial charge in [0, 0.05) is 5.57 Å². The van der Waals surface area contributed by atoms with E-state index in [-0.39, 0.29) is 17.1 Å². The minimum absolute atomic E-state index is 0.197. The fraction of sp³-hybridized carbons (Fsp3) is 0.600. The molecule has 0 amide bonds. The largest absolute Gasteiger partial charge is 0.304 e. The molecule has 4 nitrogen and oxygen atoms in total. The third kappa shape index (κ3) is 5.61. The van der Waals surface area contributed by atoms with E-state index in [4.69, 9.17) is 0 Å². The molecule has 82 valence electrons. The molecule has 0 aliphatic carbocycles. The summed E-state index contributed by atoms with van der Waals surface area (Å²) in [5, 5.41) is 0. The van der Waals surface area contributed by atoms with Gasteiger partial charge in [-0.15, -0.1) is 0 Å². The molecule has 0 saturated heterocycles. The van der Waals surface area contributed by atoms with Gasteiger partial charge in [-0.2, -0.15) is 5.48 Å². The van der Waals surface area contributed by atoms with E-state index in [9.17, 15) is 9.59 Å². The van der Waals surface area contributed by atoms with Gasteiger partial charge < -0.3 is 4.84 Å². The van der Waals surface area contributed by atoms with Crippen molar-refractivity contribution in [2.24, 2.45) is 0 Å². The molecule has 0 aromatic rings. The summed E-state index contributed by atoms with van der Waals surface area (Å²) in [6.07, 6.45) is 0. The van der Waals surface area contributed by atoms with Crippen molar-refractivity contribution in [3.8, 4) is 0 Å². The molecule has 0 aromatic heterocycles. The van der Waals surface area contributed by atoms with Gasteiger partial charge in [0.05, 0.1) is 7.11 Å². The van der Waals surface area contributed by atoms with Crippen LogP contribution in [0.2, 0.25) is 0 Å². The molecule has 0 saturated carbocycles. The summed E-state index contributed by atoms with van der Waals surface area (Å²) in [7, 11) is 1.38. The topological polar surface area (TPSA) is 55.4 Å². The second kappa shape index (κ2) is 8.59. The van der Waals surface area contributed by atoms with Crippen molar-refractivity contribution >= 4 is 11.6 Å². The normalized spacial score (nSPS) is 10.9. The van der Waals surface area contributed by atoms with Gasteiger partial charge in [-0.3, -0.25) is 9.59 Å². The predicted octanol–water partition coefficient (Wildman–Crippen LogP) is 1.27. The van der Waals surface area contributed by atoms with Gasteiger partial charge in [-0.25, -0.2) is 0 Å². The van der Waals surface area contributed by atoms with E-state index in [1.165, 1.54) is 21.0 Å². The SMILES string of the molecule is C=C(C(C)=O)C(NOC)C(C)=O.CC. The highest BCUT2D eigenvalue weighted by atomic mass is 16.6. The van der Waals surface area contributed by atoms with Crippen molar-refractivity contribution in [2.45, 2.75) is 33.7 Å². The number of Topliss-reactive ketones (excluding diaryl/α,β-unsaturated/α-hetero) is 2. The first-order valence-corrected chi connectivity index (χ1v) is 4.49. The number of carbonyl (C=O) groups excluding carboxylic acids is 2. The molecule has 0 aliphatic rings. The molecule has 0 radical (unpaired) electrons. The molecule has 0 aromatic carbocycles. The zero-order valence-corrected chi connectivity index (χ0v) is 9.51. The monoisotopic (exact) mass is 201 g/mol. The van der Waals surface area contributed by atoms with Crippen molar-refractivity contribution in [1.29, 1.82) is 0 Å². The van der Waals surface area contributed by atoms with Gasteiger partial charge in [0.25, 0.3) is 0 Å². The summed E-state index contributed by atoms with van der Waals surface area (Å²) >= 11 is 0. The molecule has 0 rings (SSSR count). The van der Waals surface area contributed by atoms with E-state index in [0.29, 0.717) is 0 Å². The minimum atomic E-state index is -0.729. The number of hydrogen-bond donors (Lipinski definition) is 1. The molecule has 1 unspecified atom stereocenters. The van der Waals surface area contributed by atoms with Crippen molar-refractivity contribution in [1.82, 2.24) is 5.48 Å². The Labute approximate surface area is 85.3 Å². The zero-order chi connectivity index (χ0) is 11.7. The molecule has 0 heterocycles. The number of ketones is 2. The number of carbonyl (C=O) groups is 2. The first-order valence-electron chi connectivity index (χ1n) is 4.49. The molecule has 0 bridgehead atoms. The quantitative estimate of drug-likeness (QED) is 0.537. The Balaban J connectivity index is 0. The van der Waals surface area contributed by atoms with Crippen molar-refractivity contribution in [2.75, 3.05) is 7.11 Å². The fourth-order valence-electron chi connectivity index (χ4n) is 0.721. The number of hydrogen-bond acceptors (Lipinski definition) is 4. The highest BCUT2D eigenvalue weighted by Gasteiger charge is 2.19. The molecule has 0 aliphatic heterocycles. The summed E-state index contributed by atoms with van der Waals surface area (Å²) in [6.45, 7) is 10.2. The zero-order valence-electron chi connectivity index (χ0n) is 9.51. The highest BCUT2D eigenvalue weighted by molar-refractivity contribution is 6.01. The van der Waals surface area contributed by atoms with Crippen LogP contribution in [0.5, 0.6) is 0 Å². The Morgan fingerprint density at radius 2 is 1.71 bits per heavy atom. The van der Waals surface area contributed by atoms with Crippen LogP contribution in [0.3, 0.4) is 0 Å². The molecule has 4 heteroatoms. The number of rotatable bonds is 5. The Morgan fingerprint density at radius 3 is 1.93 bits per heavy atom. The van der Waals surface area contributed by atoms with Crippen LogP contribution in [-0.2, 0) is 14.4 Å². The maximum atomic E-state index is 10.9. The molecular formula is C10H19NO3. The summed E-state index contributed by atoms with van der Waals surface area (Å²) < 4.78 is 0. The van der Waals surface area contributed by atoms with Gasteiger partial charge in [0.15, 0.2) is 11.6 Å². The highest BCUT2D eigenvalue weighted by Crippen LogP contribution is 2.01. The van der Waals surface area contributed by atoms with E-state index >= 15 is 0 Å². The second-order valence-electron chi connectivity index (χ2n) is 2.45. The third-order valence-electron chi connectivity index (χ3n) is 1.44. The second-order valence-corrected chi connectivity index (χ2v) is 2.45. The van der Waals surface area contributed by atoms with Gasteiger partial charge in [0.2, 0.25) is 0 Å². The van der Waals surface area contributed by atoms with Crippen molar-refractivity contribution in [3.05, 3.63) is 12.2 Å². The lowest BCUT2D eigenvalue weighted by Crippen LogP contribution is -2.37. The van der Waals surface area contributed by atoms with Crippen LogP contribution in [0.1, 0.15) is 27.7 Å². The van der Waals surface area contributed by atoms with Gasteiger partial charge >= 0.3 is 0 Å². The average Bonchev–Trinajstić information content (AvgIpc) is 2.15. The lowest BCUT2D eigenvalue weighted by Gasteiger charge is -2.14. The van der Waals surface area contributed by atoms with E-state index < -0.39 is 6.04 Å². The Bertz CT molecular complexity index is 211. The molecule has 0 spiro atoms. The molecule has 1 atom stereocenters. The first kappa shape index (κ1) is 15.5. The van der Waals surface area contributed by atoms with E-state index in [1.54, 1.807) is 0 Å². The fourth-order valence-corrected chi connectivity index (χ4v) is 0.721. The van der Waals surface area contributed by atoms with E-state index in [0.717, 1.165) is 0 Å². The Kier molecular flexibility index (Phi) is 9.49. The van der Waals surface area contributed by atoms with E-state index in [1.807, 2.05) is 13.8 Å². The van der Waals surface area contributed by atoms with E-state index in [2.05, 4.69) is 16.9 Å². The van der Waals surface area contributed by atoms with Gasteiger partial charge in [0.1, 0.15) is 6.04 Å². The Morgan fingerprint density at radius 1 is 1.29 bits per heavy atom. The van der Waals surface area contributed by atoms with Crippen LogP contribution in [0.15, 0.2) is 12.2 Å². The third-order valence-corrected chi connectivity index (χ3v) is 1.44. The maximum absolute atomic E-state index is 10.9. The summed E-state index contributed by atoms with van der Waals surface area (Å²) in [5.41, 5.74) is 2.61. The van der Waals surface area contributed by atoms with Crippen LogP contribution in [0, 0.1) is 0 Å². The summed E-state index contributed by atoms with van der Waals surface area (Å²) in [6, 6.07) is -0.729. The van der Waals surface area contributed by atoms with Crippen molar-refractivity contribution < 1.29 is 14.4 Å². The Hall–Kier alpha value is -1.00. The molecule has 14 heavy (non-hydrogen) atoms. The van der Waals surface area contributed by atoms with Crippen LogP contribution < -0.4 is 5.48 Å². The van der Waals surface area contributed by atoms with Crippen LogP contribution in [-0.4, -0.2) is 24.7 Å². The molecule has 1 N–H and O–H groups in total. The van der Waals surface area contributed by atoms with Gasteiger partial charge in [-0.05, 0) is 13.8 Å². The lowest BCUT2D eigenvalue weighted by molar-refractivity contribution is -0.123. The first-order chi connectivity index (χ1) is 6.50. The van der Waals surface area contributed by atoms with Crippen molar-refractivity contribution in [3.63, 3.8) is 0 Å². The standard InChI is InChI=1S/C8H13NO3.C2H6/c1-5(6(2)10)8(7(3)11)9-12-4;1-2/h8-9H,1H2,2-4H3;1-2H3. The van der Waals surface area contributed by atoms with Crippen LogP contribution >= 0.6 is 0 Å². The predicted molar refractivity (Wildman–Crippen MR) is 55.8 cm³/mol. The molecular weight excluding hydrogens is 182 g/mol. The van der Waals surface area contributed by atoms with Crippen LogP contribution in [0.4, 0.5) is 0 Å². The summed E-state index contributed by atoms with van der Waals surface area (Å²) in [5.74, 6) is -0.420. The number of hydroxylamine groups is 1. The number of nitrogens with one attached hydrogen (secondary N) is 1. The molecule has 0 fully saturated rings.